The summed E-state index contributed by atoms with van der Waals surface area (Å²) in [6.45, 7) is 7.12. The summed E-state index contributed by atoms with van der Waals surface area (Å²) < 4.78 is 5.17. The summed E-state index contributed by atoms with van der Waals surface area (Å²) in [4.78, 5) is 25.6. The van der Waals surface area contributed by atoms with E-state index >= 15 is 0 Å². The largest absolute Gasteiger partial charge is 0.479 e. The van der Waals surface area contributed by atoms with E-state index in [0.29, 0.717) is 19.5 Å². The van der Waals surface area contributed by atoms with Gasteiger partial charge in [-0.05, 0) is 52.2 Å². The molecule has 0 aromatic rings. The lowest BCUT2D eigenvalue weighted by atomic mass is 9.99. The van der Waals surface area contributed by atoms with Gasteiger partial charge in [0, 0.05) is 13.1 Å². The molecule has 7 heteroatoms. The number of amides is 1. The van der Waals surface area contributed by atoms with Crippen molar-refractivity contribution in [2.75, 3.05) is 31.6 Å². The molecular weight excluding hydrogens is 292 g/mol. The molecule has 0 aromatic heterocycles. The number of aliphatic carboxylic acids is 1. The molecule has 6 nitrogen and oxygen atoms in total. The van der Waals surface area contributed by atoms with E-state index in [1.54, 1.807) is 32.5 Å². The number of carboxylic acid groups (broad SMARTS) is 1. The third-order valence-electron chi connectivity index (χ3n) is 3.32. The summed E-state index contributed by atoms with van der Waals surface area (Å²) in [5.41, 5.74) is -1.87. The van der Waals surface area contributed by atoms with Crippen molar-refractivity contribution in [3.8, 4) is 0 Å². The van der Waals surface area contributed by atoms with E-state index in [-0.39, 0.29) is 0 Å². The van der Waals surface area contributed by atoms with Gasteiger partial charge in [-0.3, -0.25) is 0 Å². The maximum absolute atomic E-state index is 11.9. The van der Waals surface area contributed by atoms with Gasteiger partial charge < -0.3 is 20.1 Å². The number of ether oxygens (including phenoxy) is 1. The van der Waals surface area contributed by atoms with Crippen LogP contribution in [0.5, 0.6) is 0 Å². The van der Waals surface area contributed by atoms with E-state index in [2.05, 4.69) is 16.5 Å². The van der Waals surface area contributed by atoms with Crippen molar-refractivity contribution in [3.05, 3.63) is 0 Å². The first-order valence-electron chi connectivity index (χ1n) is 7.14. The minimum atomic E-state index is -1.23. The molecule has 122 valence electrons. The van der Waals surface area contributed by atoms with Gasteiger partial charge in [0.1, 0.15) is 5.60 Å². The van der Waals surface area contributed by atoms with E-state index in [1.165, 1.54) is 0 Å². The first-order valence-corrected chi connectivity index (χ1v) is 8.54. The number of carbonyl (C=O) groups excluding carboxylic acids is 1. The molecule has 2 N–H and O–H groups in total. The van der Waals surface area contributed by atoms with Crippen molar-refractivity contribution in [1.29, 1.82) is 0 Å². The van der Waals surface area contributed by atoms with Crippen molar-refractivity contribution >= 4 is 23.8 Å². The molecule has 1 amide bonds. The van der Waals surface area contributed by atoms with Gasteiger partial charge >= 0.3 is 12.1 Å². The van der Waals surface area contributed by atoms with Crippen molar-refractivity contribution in [2.45, 2.75) is 44.8 Å². The van der Waals surface area contributed by atoms with Crippen LogP contribution in [0, 0.1) is 0 Å². The monoisotopic (exact) mass is 318 g/mol. The summed E-state index contributed by atoms with van der Waals surface area (Å²) in [7, 11) is 0. The van der Waals surface area contributed by atoms with Gasteiger partial charge in [-0.15, -0.1) is 0 Å². The summed E-state index contributed by atoms with van der Waals surface area (Å²) in [5.74, 6) is 0.0523. The molecule has 0 saturated carbocycles. The number of alkyl carbamates (subject to hydrolysis) is 1. The number of hydrogen-bond donors (Lipinski definition) is 2. The highest BCUT2D eigenvalue weighted by molar-refractivity contribution is 7.98. The van der Waals surface area contributed by atoms with Crippen LogP contribution in [0.2, 0.25) is 0 Å². The second-order valence-corrected chi connectivity index (χ2v) is 7.37. The Morgan fingerprint density at radius 2 is 2.10 bits per heavy atom. The topological polar surface area (TPSA) is 78.9 Å². The average molecular weight is 318 g/mol. The Morgan fingerprint density at radius 1 is 1.43 bits per heavy atom. The number of thioether (sulfide) groups is 1. The molecule has 1 rings (SSSR count). The van der Waals surface area contributed by atoms with Gasteiger partial charge in [-0.1, -0.05) is 0 Å². The molecular formula is C14H26N2O4S. The van der Waals surface area contributed by atoms with E-state index in [9.17, 15) is 14.7 Å². The van der Waals surface area contributed by atoms with Crippen LogP contribution < -0.4 is 5.32 Å². The zero-order valence-corrected chi connectivity index (χ0v) is 14.1. The minimum Gasteiger partial charge on any atom is -0.479 e. The molecule has 1 aliphatic rings. The maximum Gasteiger partial charge on any atom is 0.408 e. The Morgan fingerprint density at radius 3 is 2.62 bits per heavy atom. The number of carbonyl (C=O) groups is 2. The normalized spacial score (nSPS) is 23.0. The van der Waals surface area contributed by atoms with Crippen molar-refractivity contribution in [1.82, 2.24) is 10.2 Å². The number of hydrogen-bond acceptors (Lipinski definition) is 5. The highest BCUT2D eigenvalue weighted by Crippen LogP contribution is 2.23. The van der Waals surface area contributed by atoms with Crippen LogP contribution in [-0.4, -0.2) is 64.9 Å². The molecule has 1 heterocycles. The lowest BCUT2D eigenvalue weighted by Crippen LogP contribution is -2.57. The molecule has 1 aliphatic heterocycles. The van der Waals surface area contributed by atoms with Crippen molar-refractivity contribution in [2.24, 2.45) is 0 Å². The minimum absolute atomic E-state index is 0.329. The fourth-order valence-electron chi connectivity index (χ4n) is 2.34. The summed E-state index contributed by atoms with van der Waals surface area (Å²) in [6, 6.07) is 0. The van der Waals surface area contributed by atoms with Crippen molar-refractivity contribution < 1.29 is 19.4 Å². The molecule has 21 heavy (non-hydrogen) atoms. The van der Waals surface area contributed by atoms with Crippen LogP contribution in [-0.2, 0) is 9.53 Å². The van der Waals surface area contributed by atoms with E-state index < -0.39 is 23.2 Å². The predicted molar refractivity (Wildman–Crippen MR) is 83.8 cm³/mol. The molecule has 0 radical (unpaired) electrons. The summed E-state index contributed by atoms with van der Waals surface area (Å²) >= 11 is 1.78. The number of likely N-dealkylation sites (tertiary alicyclic amines) is 1. The van der Waals surface area contributed by atoms with Gasteiger partial charge in [-0.2, -0.15) is 11.8 Å². The fraction of sp³-hybridized carbons (Fsp3) is 0.857. The summed E-state index contributed by atoms with van der Waals surface area (Å²) in [6.07, 6.45) is 2.80. The van der Waals surface area contributed by atoms with Crippen LogP contribution in [0.4, 0.5) is 4.79 Å². The average Bonchev–Trinajstić information content (AvgIpc) is 2.71. The third kappa shape index (κ3) is 5.74. The molecule has 0 aromatic carbocycles. The number of nitrogens with one attached hydrogen (secondary N) is 1. The maximum atomic E-state index is 11.9. The Balaban J connectivity index is 2.61. The Labute approximate surface area is 130 Å². The Bertz CT molecular complexity index is 384. The quantitative estimate of drug-likeness (QED) is 0.727. The van der Waals surface area contributed by atoms with Crippen LogP contribution >= 0.6 is 11.8 Å². The van der Waals surface area contributed by atoms with Gasteiger partial charge in [-0.25, -0.2) is 9.59 Å². The van der Waals surface area contributed by atoms with Crippen LogP contribution in [0.25, 0.3) is 0 Å². The smallest absolute Gasteiger partial charge is 0.408 e. The first-order chi connectivity index (χ1) is 9.68. The number of rotatable bonds is 6. The second-order valence-electron chi connectivity index (χ2n) is 6.39. The zero-order chi connectivity index (χ0) is 16.1. The molecule has 0 bridgehead atoms. The van der Waals surface area contributed by atoms with Crippen LogP contribution in [0.15, 0.2) is 0 Å². The molecule has 0 spiro atoms. The third-order valence-corrected chi connectivity index (χ3v) is 4.02. The van der Waals surface area contributed by atoms with E-state index in [0.717, 1.165) is 18.7 Å². The molecule has 1 unspecified atom stereocenters. The summed E-state index contributed by atoms with van der Waals surface area (Å²) in [5, 5.41) is 12.1. The standard InChI is InChI=1S/C14H26N2O4S/c1-13(2,3)20-12(19)15-14(11(17)18)6-8-16(10-14)7-5-9-21-4/h5-10H2,1-4H3,(H,15,19)(H,17,18). The van der Waals surface area contributed by atoms with Crippen LogP contribution in [0.3, 0.4) is 0 Å². The van der Waals surface area contributed by atoms with Crippen molar-refractivity contribution in [3.63, 3.8) is 0 Å². The highest BCUT2D eigenvalue weighted by atomic mass is 32.2. The second kappa shape index (κ2) is 7.35. The van der Waals surface area contributed by atoms with Gasteiger partial charge in [0.15, 0.2) is 5.54 Å². The van der Waals surface area contributed by atoms with Crippen LogP contribution in [0.1, 0.15) is 33.6 Å². The van der Waals surface area contributed by atoms with Gasteiger partial charge in [0.25, 0.3) is 0 Å². The van der Waals surface area contributed by atoms with E-state index in [4.69, 9.17) is 4.74 Å². The Kier molecular flexibility index (Phi) is 6.34. The molecule has 1 fully saturated rings. The molecule has 1 atom stereocenters. The van der Waals surface area contributed by atoms with E-state index in [1.807, 2.05) is 0 Å². The fourth-order valence-corrected chi connectivity index (χ4v) is 2.76. The highest BCUT2D eigenvalue weighted by Gasteiger charge is 2.46. The lowest BCUT2D eigenvalue weighted by molar-refractivity contribution is -0.144. The van der Waals surface area contributed by atoms with Gasteiger partial charge in [0.2, 0.25) is 0 Å². The number of carboxylic acids is 1. The lowest BCUT2D eigenvalue weighted by Gasteiger charge is -2.28. The molecule has 1 saturated heterocycles. The molecule has 0 aliphatic carbocycles. The van der Waals surface area contributed by atoms with Gasteiger partial charge in [0.05, 0.1) is 0 Å². The predicted octanol–water partition coefficient (Wildman–Crippen LogP) is 1.79. The number of nitrogens with zero attached hydrogens (tertiary/aromatic N) is 1. The SMILES string of the molecule is CSCCCN1CCC(NC(=O)OC(C)(C)C)(C(=O)O)C1. The first kappa shape index (κ1) is 18.1. The Hall–Kier alpha value is -0.950. The zero-order valence-electron chi connectivity index (χ0n) is 13.3.